The molecule has 24 heavy (non-hydrogen) atoms. The first kappa shape index (κ1) is 18.5. The van der Waals surface area contributed by atoms with Gasteiger partial charge in [0.1, 0.15) is 0 Å². The topological polar surface area (TPSA) is 58.6 Å². The van der Waals surface area contributed by atoms with Crippen LogP contribution in [0.1, 0.15) is 43.7 Å². The molecule has 1 unspecified atom stereocenters. The van der Waals surface area contributed by atoms with E-state index in [1.165, 1.54) is 11.1 Å². The van der Waals surface area contributed by atoms with Gasteiger partial charge in [0.15, 0.2) is 0 Å². The molecule has 1 aromatic rings. The first-order valence-electron chi connectivity index (χ1n) is 8.81. The Balaban J connectivity index is 1.72. The third kappa shape index (κ3) is 5.64. The molecule has 0 aromatic heterocycles. The Morgan fingerprint density at radius 3 is 3.00 bits per heavy atom. The van der Waals surface area contributed by atoms with E-state index in [2.05, 4.69) is 36.5 Å². The second kappa shape index (κ2) is 9.42. The number of nitrogens with one attached hydrogen (secondary N) is 1. The summed E-state index contributed by atoms with van der Waals surface area (Å²) < 4.78 is 4.94. The van der Waals surface area contributed by atoms with Crippen molar-refractivity contribution in [2.45, 2.75) is 52.1 Å². The molecule has 1 aliphatic heterocycles. The molecule has 0 radical (unpaired) electrons. The fourth-order valence-corrected chi connectivity index (χ4v) is 3.17. The van der Waals surface area contributed by atoms with Crippen LogP contribution in [-0.4, -0.2) is 42.5 Å². The Morgan fingerprint density at radius 1 is 1.42 bits per heavy atom. The molecule has 1 saturated heterocycles. The molecular weight excluding hydrogens is 304 g/mol. The SMILES string of the molecule is CCOC(=O)CCN1C(=O)CCC1CCNCc1cccc(C)c1. The molecule has 0 spiro atoms. The Bertz CT molecular complexity index is 559. The summed E-state index contributed by atoms with van der Waals surface area (Å²) in [5.41, 5.74) is 2.54. The maximum atomic E-state index is 12.0. The van der Waals surface area contributed by atoms with Crippen LogP contribution in [0, 0.1) is 6.92 Å². The normalized spacial score (nSPS) is 17.3. The third-order valence-electron chi connectivity index (χ3n) is 4.38. The number of hydrogen-bond acceptors (Lipinski definition) is 4. The van der Waals surface area contributed by atoms with Gasteiger partial charge < -0.3 is 15.0 Å². The highest BCUT2D eigenvalue weighted by atomic mass is 16.5. The minimum absolute atomic E-state index is 0.156. The summed E-state index contributed by atoms with van der Waals surface area (Å²) in [5, 5.41) is 3.45. The lowest BCUT2D eigenvalue weighted by molar-refractivity contribution is -0.144. The van der Waals surface area contributed by atoms with Gasteiger partial charge in [-0.2, -0.15) is 0 Å². The number of benzene rings is 1. The Labute approximate surface area is 144 Å². The molecular formula is C19H28N2O3. The highest BCUT2D eigenvalue weighted by Crippen LogP contribution is 2.21. The molecule has 0 aliphatic carbocycles. The average Bonchev–Trinajstić information content (AvgIpc) is 2.90. The van der Waals surface area contributed by atoms with Crippen molar-refractivity contribution in [3.8, 4) is 0 Å². The van der Waals surface area contributed by atoms with Crippen LogP contribution in [0.25, 0.3) is 0 Å². The molecule has 5 nitrogen and oxygen atoms in total. The predicted molar refractivity (Wildman–Crippen MR) is 93.5 cm³/mol. The van der Waals surface area contributed by atoms with Gasteiger partial charge in [0.25, 0.3) is 0 Å². The Kier molecular flexibility index (Phi) is 7.25. The zero-order valence-corrected chi connectivity index (χ0v) is 14.7. The predicted octanol–water partition coefficient (Wildman–Crippen LogP) is 2.42. The second-order valence-corrected chi connectivity index (χ2v) is 6.29. The van der Waals surface area contributed by atoms with Gasteiger partial charge in [-0.05, 0) is 38.8 Å². The quantitative estimate of drug-likeness (QED) is 0.557. The average molecular weight is 332 g/mol. The van der Waals surface area contributed by atoms with Crippen molar-refractivity contribution < 1.29 is 14.3 Å². The van der Waals surface area contributed by atoms with Crippen molar-refractivity contribution >= 4 is 11.9 Å². The number of hydrogen-bond donors (Lipinski definition) is 1. The molecule has 1 aromatic carbocycles. The zero-order chi connectivity index (χ0) is 17.4. The van der Waals surface area contributed by atoms with Crippen molar-refractivity contribution in [1.82, 2.24) is 10.2 Å². The number of esters is 1. The minimum atomic E-state index is -0.228. The number of aryl methyl sites for hydroxylation is 1. The van der Waals surface area contributed by atoms with Gasteiger partial charge in [-0.3, -0.25) is 9.59 Å². The summed E-state index contributed by atoms with van der Waals surface area (Å²) in [4.78, 5) is 25.3. The number of likely N-dealkylation sites (tertiary alicyclic amines) is 1. The fourth-order valence-electron chi connectivity index (χ4n) is 3.17. The Hall–Kier alpha value is -1.88. The van der Waals surface area contributed by atoms with E-state index in [4.69, 9.17) is 4.74 Å². The second-order valence-electron chi connectivity index (χ2n) is 6.29. The number of ether oxygens (including phenoxy) is 1. The lowest BCUT2D eigenvalue weighted by atomic mass is 10.1. The molecule has 1 amide bonds. The highest BCUT2D eigenvalue weighted by molar-refractivity contribution is 5.79. The summed E-state index contributed by atoms with van der Waals surface area (Å²) in [7, 11) is 0. The van der Waals surface area contributed by atoms with E-state index >= 15 is 0 Å². The molecule has 1 fully saturated rings. The molecule has 1 aliphatic rings. The van der Waals surface area contributed by atoms with Crippen LogP contribution >= 0.6 is 0 Å². The molecule has 1 heterocycles. The maximum absolute atomic E-state index is 12.0. The fraction of sp³-hybridized carbons (Fsp3) is 0.579. The van der Waals surface area contributed by atoms with Crippen LogP contribution < -0.4 is 5.32 Å². The molecule has 132 valence electrons. The molecule has 5 heteroatoms. The third-order valence-corrected chi connectivity index (χ3v) is 4.38. The summed E-state index contributed by atoms with van der Waals surface area (Å²) in [6.45, 7) is 6.45. The first-order valence-corrected chi connectivity index (χ1v) is 8.81. The van der Waals surface area contributed by atoms with E-state index in [1.54, 1.807) is 6.92 Å². The molecule has 0 saturated carbocycles. The van der Waals surface area contributed by atoms with Crippen LogP contribution in [0.5, 0.6) is 0 Å². The van der Waals surface area contributed by atoms with Gasteiger partial charge in [-0.1, -0.05) is 29.8 Å². The van der Waals surface area contributed by atoms with Crippen molar-refractivity contribution in [2.24, 2.45) is 0 Å². The van der Waals surface area contributed by atoms with Crippen LogP contribution in [0.3, 0.4) is 0 Å². The maximum Gasteiger partial charge on any atom is 0.307 e. The number of carbonyl (C=O) groups is 2. The first-order chi connectivity index (χ1) is 11.6. The van der Waals surface area contributed by atoms with Gasteiger partial charge in [-0.25, -0.2) is 0 Å². The Morgan fingerprint density at radius 2 is 2.25 bits per heavy atom. The lowest BCUT2D eigenvalue weighted by Gasteiger charge is -2.24. The molecule has 0 bridgehead atoms. The van der Waals surface area contributed by atoms with Gasteiger partial charge >= 0.3 is 5.97 Å². The summed E-state index contributed by atoms with van der Waals surface area (Å²) in [6.07, 6.45) is 2.67. The van der Waals surface area contributed by atoms with Gasteiger partial charge in [-0.15, -0.1) is 0 Å². The van der Waals surface area contributed by atoms with Crippen LogP contribution in [0.2, 0.25) is 0 Å². The van der Waals surface area contributed by atoms with Crippen LogP contribution in [-0.2, 0) is 20.9 Å². The molecule has 2 rings (SSSR count). The summed E-state index contributed by atoms with van der Waals surface area (Å²) in [5.74, 6) is -0.0727. The summed E-state index contributed by atoms with van der Waals surface area (Å²) in [6, 6.07) is 8.69. The summed E-state index contributed by atoms with van der Waals surface area (Å²) >= 11 is 0. The van der Waals surface area contributed by atoms with Crippen molar-refractivity contribution in [3.05, 3.63) is 35.4 Å². The van der Waals surface area contributed by atoms with Crippen LogP contribution in [0.4, 0.5) is 0 Å². The standard InChI is InChI=1S/C19H28N2O3/c1-3-24-19(23)10-12-21-17(7-8-18(21)22)9-11-20-14-16-6-4-5-15(2)13-16/h4-6,13,17,20H,3,7-12,14H2,1-2H3. The van der Waals surface area contributed by atoms with E-state index in [1.807, 2.05) is 4.90 Å². The van der Waals surface area contributed by atoms with E-state index in [-0.39, 0.29) is 24.3 Å². The van der Waals surface area contributed by atoms with Gasteiger partial charge in [0.05, 0.1) is 13.0 Å². The number of nitrogens with zero attached hydrogens (tertiary/aromatic N) is 1. The van der Waals surface area contributed by atoms with Gasteiger partial charge in [0.2, 0.25) is 5.91 Å². The highest BCUT2D eigenvalue weighted by Gasteiger charge is 2.30. The zero-order valence-electron chi connectivity index (χ0n) is 14.7. The van der Waals surface area contributed by atoms with Gasteiger partial charge in [0, 0.05) is 25.6 Å². The molecule has 1 N–H and O–H groups in total. The minimum Gasteiger partial charge on any atom is -0.466 e. The smallest absolute Gasteiger partial charge is 0.307 e. The molecule has 1 atom stereocenters. The van der Waals surface area contributed by atoms with Crippen molar-refractivity contribution in [3.63, 3.8) is 0 Å². The largest absolute Gasteiger partial charge is 0.466 e. The van der Waals surface area contributed by atoms with Crippen molar-refractivity contribution in [1.29, 1.82) is 0 Å². The van der Waals surface area contributed by atoms with E-state index in [0.29, 0.717) is 19.6 Å². The number of carbonyl (C=O) groups excluding carboxylic acids is 2. The number of rotatable bonds is 9. The van der Waals surface area contributed by atoms with E-state index < -0.39 is 0 Å². The van der Waals surface area contributed by atoms with Crippen molar-refractivity contribution in [2.75, 3.05) is 19.7 Å². The van der Waals surface area contributed by atoms with E-state index in [9.17, 15) is 9.59 Å². The van der Waals surface area contributed by atoms with E-state index in [0.717, 1.165) is 25.9 Å². The van der Waals surface area contributed by atoms with Crippen LogP contribution in [0.15, 0.2) is 24.3 Å². The lowest BCUT2D eigenvalue weighted by Crippen LogP contribution is -2.36. The monoisotopic (exact) mass is 332 g/mol. The number of amides is 1.